The van der Waals surface area contributed by atoms with Crippen molar-refractivity contribution >= 4 is 10.0 Å². The van der Waals surface area contributed by atoms with Crippen molar-refractivity contribution in [3.8, 4) is 17.9 Å². The summed E-state index contributed by atoms with van der Waals surface area (Å²) < 4.78 is 46.5. The minimum atomic E-state index is -4.18. The minimum Gasteiger partial charge on any atom is -0.486 e. The van der Waals surface area contributed by atoms with Crippen LogP contribution in [0.3, 0.4) is 0 Å². The minimum absolute atomic E-state index is 0.0318. The number of rotatable bonds is 5. The highest BCUT2D eigenvalue weighted by Crippen LogP contribution is 2.32. The van der Waals surface area contributed by atoms with Crippen LogP contribution in [0.4, 0.5) is 4.39 Å². The van der Waals surface area contributed by atoms with Gasteiger partial charge in [-0.2, -0.15) is 14.8 Å². The maximum atomic E-state index is 13.9. The van der Waals surface area contributed by atoms with Crippen LogP contribution in [0.15, 0.2) is 41.3 Å². The molecule has 156 valence electrons. The van der Waals surface area contributed by atoms with Gasteiger partial charge in [-0.25, -0.2) is 12.8 Å². The molecule has 1 fully saturated rings. The molecule has 0 saturated carbocycles. The fourth-order valence-electron chi connectivity index (χ4n) is 3.23. The molecule has 1 saturated heterocycles. The fourth-order valence-corrected chi connectivity index (χ4v) is 4.85. The lowest BCUT2D eigenvalue weighted by molar-refractivity contribution is -0.0641. The first-order valence-electron chi connectivity index (χ1n) is 8.85. The lowest BCUT2D eigenvalue weighted by atomic mass is 10.0. The zero-order chi connectivity index (χ0) is 22.1. The molecule has 30 heavy (non-hydrogen) atoms. The van der Waals surface area contributed by atoms with Gasteiger partial charge in [-0.15, -0.1) is 0 Å². The fraction of sp³-hybridized carbons (Fsp3) is 0.300. The molecule has 1 heterocycles. The quantitative estimate of drug-likeness (QED) is 0.722. The van der Waals surface area contributed by atoms with Crippen LogP contribution in [0.2, 0.25) is 0 Å². The number of hydrogen-bond acceptors (Lipinski definition) is 7. The summed E-state index contributed by atoms with van der Waals surface area (Å²) in [6.45, 7) is 0.105. The van der Waals surface area contributed by atoms with Crippen LogP contribution in [0, 0.1) is 35.4 Å². The highest BCUT2D eigenvalue weighted by atomic mass is 32.2. The Labute approximate surface area is 173 Å². The van der Waals surface area contributed by atoms with Crippen molar-refractivity contribution in [2.75, 3.05) is 19.7 Å². The molecule has 8 nitrogen and oxygen atoms in total. The first kappa shape index (κ1) is 21.7. The third kappa shape index (κ3) is 3.86. The molecule has 10 heteroatoms. The Bertz CT molecular complexity index is 1170. The molecule has 0 unspecified atom stereocenters. The van der Waals surface area contributed by atoms with E-state index in [2.05, 4.69) is 0 Å². The van der Waals surface area contributed by atoms with Crippen molar-refractivity contribution in [2.24, 2.45) is 0 Å². The third-order valence-corrected chi connectivity index (χ3v) is 6.78. The van der Waals surface area contributed by atoms with Gasteiger partial charge in [0.2, 0.25) is 10.0 Å². The maximum Gasteiger partial charge on any atom is 0.244 e. The topological polar surface area (TPSA) is 135 Å². The zero-order valence-electron chi connectivity index (χ0n) is 15.9. The number of aliphatic hydroxyl groups excluding tert-OH is 1. The molecule has 1 aliphatic rings. The van der Waals surface area contributed by atoms with E-state index in [1.807, 2.05) is 6.07 Å². The Morgan fingerprint density at radius 2 is 1.93 bits per heavy atom. The summed E-state index contributed by atoms with van der Waals surface area (Å²) in [7, 11) is -4.18. The average molecular weight is 431 g/mol. The van der Waals surface area contributed by atoms with Crippen molar-refractivity contribution in [1.82, 2.24) is 4.31 Å². The number of hydrogen-bond donors (Lipinski definition) is 2. The number of aryl methyl sites for hydroxylation is 1. The number of sulfonamides is 1. The number of nitrogens with zero attached hydrogens (tertiary/aromatic N) is 3. The number of benzene rings is 2. The Balaban J connectivity index is 1.92. The van der Waals surface area contributed by atoms with Gasteiger partial charge in [0, 0.05) is 12.6 Å². The normalized spacial score (nSPS) is 21.7. The zero-order valence-corrected chi connectivity index (χ0v) is 16.7. The summed E-state index contributed by atoms with van der Waals surface area (Å²) in [6, 6.07) is 11.3. The van der Waals surface area contributed by atoms with E-state index in [1.165, 1.54) is 24.3 Å². The predicted octanol–water partition coefficient (Wildman–Crippen LogP) is 1.05. The third-order valence-electron chi connectivity index (χ3n) is 4.91. The molecule has 2 atom stereocenters. The van der Waals surface area contributed by atoms with E-state index in [4.69, 9.17) is 10.00 Å². The summed E-state index contributed by atoms with van der Waals surface area (Å²) in [5.74, 6) is -0.862. The summed E-state index contributed by atoms with van der Waals surface area (Å²) in [6.07, 6.45) is -1.21. The molecule has 0 amide bonds. The molecule has 0 bridgehead atoms. The van der Waals surface area contributed by atoms with Gasteiger partial charge in [-0.05, 0) is 36.8 Å². The standard InChI is InChI=1S/C20H18FN3O5S/c1-13-2-5-18(15(6-13)9-23)30(27,28)24-10-19(20(26,11-24)12-25)29-16-4-3-14(8-22)17(21)7-16/h2-7,19,25-26H,10-12H2,1H3/t19-,20+/m0/s1. The van der Waals surface area contributed by atoms with E-state index in [9.17, 15) is 28.3 Å². The Hall–Kier alpha value is -3.02. The molecule has 3 rings (SSSR count). The monoisotopic (exact) mass is 431 g/mol. The lowest BCUT2D eigenvalue weighted by Crippen LogP contribution is -2.48. The summed E-state index contributed by atoms with van der Waals surface area (Å²) in [5, 5.41) is 38.5. The SMILES string of the molecule is Cc1ccc(S(=O)(=O)N2C[C@H](Oc3ccc(C#N)c(F)c3)[C@](O)(CO)C2)c(C#N)c1. The smallest absolute Gasteiger partial charge is 0.244 e. The summed E-state index contributed by atoms with van der Waals surface area (Å²) >= 11 is 0. The van der Waals surface area contributed by atoms with Crippen LogP contribution >= 0.6 is 0 Å². The predicted molar refractivity (Wildman–Crippen MR) is 102 cm³/mol. The molecule has 0 radical (unpaired) electrons. The number of halogens is 1. The molecule has 0 aliphatic carbocycles. The van der Waals surface area contributed by atoms with Gasteiger partial charge in [0.1, 0.15) is 35.4 Å². The molecule has 2 N–H and O–H groups in total. The van der Waals surface area contributed by atoms with Crippen LogP contribution in [0.25, 0.3) is 0 Å². The summed E-state index contributed by atoms with van der Waals surface area (Å²) in [4.78, 5) is -0.221. The molecule has 2 aromatic carbocycles. The molecule has 0 spiro atoms. The lowest BCUT2D eigenvalue weighted by Gasteiger charge is -2.27. The van der Waals surface area contributed by atoms with E-state index < -0.39 is 40.7 Å². The van der Waals surface area contributed by atoms with Gasteiger partial charge < -0.3 is 14.9 Å². The van der Waals surface area contributed by atoms with Crippen LogP contribution < -0.4 is 4.74 Å². The molecular formula is C20H18FN3O5S. The second-order valence-corrected chi connectivity index (χ2v) is 8.94. The van der Waals surface area contributed by atoms with Crippen molar-refractivity contribution < 1.29 is 27.8 Å². The van der Waals surface area contributed by atoms with Crippen LogP contribution in [-0.2, 0) is 10.0 Å². The van der Waals surface area contributed by atoms with E-state index >= 15 is 0 Å². The van der Waals surface area contributed by atoms with Crippen molar-refractivity contribution in [3.05, 3.63) is 58.9 Å². The van der Waals surface area contributed by atoms with E-state index in [0.29, 0.717) is 5.56 Å². The van der Waals surface area contributed by atoms with Gasteiger partial charge in [-0.3, -0.25) is 0 Å². The average Bonchev–Trinajstić information content (AvgIpc) is 3.05. The molecule has 1 aliphatic heterocycles. The van der Waals surface area contributed by atoms with Gasteiger partial charge in [0.15, 0.2) is 0 Å². The Kier molecular flexibility index (Phi) is 5.79. The second kappa shape index (κ2) is 8.01. The largest absolute Gasteiger partial charge is 0.486 e. The van der Waals surface area contributed by atoms with Crippen LogP contribution in [-0.4, -0.2) is 54.3 Å². The van der Waals surface area contributed by atoms with Gasteiger partial charge in [0.05, 0.1) is 29.2 Å². The Morgan fingerprint density at radius 1 is 1.23 bits per heavy atom. The van der Waals surface area contributed by atoms with Crippen molar-refractivity contribution in [3.63, 3.8) is 0 Å². The summed E-state index contributed by atoms with van der Waals surface area (Å²) in [5.41, 5.74) is -1.47. The number of nitriles is 2. The molecule has 0 aromatic heterocycles. The van der Waals surface area contributed by atoms with Crippen LogP contribution in [0.5, 0.6) is 5.75 Å². The van der Waals surface area contributed by atoms with E-state index in [0.717, 1.165) is 10.4 Å². The first-order chi connectivity index (χ1) is 14.1. The second-order valence-electron chi connectivity index (χ2n) is 7.03. The molecular weight excluding hydrogens is 413 g/mol. The van der Waals surface area contributed by atoms with Gasteiger partial charge >= 0.3 is 0 Å². The van der Waals surface area contributed by atoms with Crippen molar-refractivity contribution in [2.45, 2.75) is 23.5 Å². The van der Waals surface area contributed by atoms with Crippen molar-refractivity contribution in [1.29, 1.82) is 10.5 Å². The van der Waals surface area contributed by atoms with Gasteiger partial charge in [-0.1, -0.05) is 6.07 Å². The highest BCUT2D eigenvalue weighted by Gasteiger charge is 2.51. The van der Waals surface area contributed by atoms with E-state index in [1.54, 1.807) is 19.1 Å². The number of aliphatic hydroxyl groups is 2. The highest BCUT2D eigenvalue weighted by molar-refractivity contribution is 7.89. The van der Waals surface area contributed by atoms with Gasteiger partial charge in [0.25, 0.3) is 0 Å². The maximum absolute atomic E-state index is 13.9. The molecule has 2 aromatic rings. The first-order valence-corrected chi connectivity index (χ1v) is 10.3. The van der Waals surface area contributed by atoms with Crippen LogP contribution in [0.1, 0.15) is 16.7 Å². The van der Waals surface area contributed by atoms with E-state index in [-0.39, 0.29) is 28.3 Å². The number of β-amino-alcohol motifs (C(OH)–C–C–N with tert-alkyl or cyclic N) is 1. The number of ether oxygens (including phenoxy) is 1. The Morgan fingerprint density at radius 3 is 2.53 bits per heavy atom.